The number of thiazole rings is 1. The first-order valence-corrected chi connectivity index (χ1v) is 7.18. The number of carbonyl (C=O) groups is 1. The van der Waals surface area contributed by atoms with Crippen LogP contribution in [-0.4, -0.2) is 29.1 Å². The summed E-state index contributed by atoms with van der Waals surface area (Å²) < 4.78 is 13.7. The summed E-state index contributed by atoms with van der Waals surface area (Å²) in [7, 11) is 0. The van der Waals surface area contributed by atoms with Gasteiger partial charge in [-0.3, -0.25) is 9.69 Å². The second-order valence-electron chi connectivity index (χ2n) is 4.75. The van der Waals surface area contributed by atoms with E-state index in [4.69, 9.17) is 5.11 Å². The Labute approximate surface area is 119 Å². The van der Waals surface area contributed by atoms with Gasteiger partial charge in [0.05, 0.1) is 5.69 Å². The first-order chi connectivity index (χ1) is 9.69. The summed E-state index contributed by atoms with van der Waals surface area (Å²) in [6.45, 7) is 0.466. The fourth-order valence-corrected chi connectivity index (χ4v) is 3.12. The van der Waals surface area contributed by atoms with Crippen molar-refractivity contribution in [3.63, 3.8) is 0 Å². The Morgan fingerprint density at radius 2 is 2.25 bits per heavy atom. The Morgan fingerprint density at radius 3 is 2.95 bits per heavy atom. The van der Waals surface area contributed by atoms with Crippen molar-refractivity contribution in [2.45, 2.75) is 6.42 Å². The lowest BCUT2D eigenvalue weighted by atomic mass is 10.1. The molecule has 0 spiro atoms. The monoisotopic (exact) mass is 292 g/mol. The molecular weight excluding hydrogens is 279 g/mol. The molecule has 6 heteroatoms. The van der Waals surface area contributed by atoms with E-state index in [-0.39, 0.29) is 24.2 Å². The van der Waals surface area contributed by atoms with Gasteiger partial charge in [0.1, 0.15) is 5.82 Å². The largest absolute Gasteiger partial charge is 0.396 e. The van der Waals surface area contributed by atoms with Crippen molar-refractivity contribution in [1.82, 2.24) is 4.98 Å². The van der Waals surface area contributed by atoms with Gasteiger partial charge in [-0.1, -0.05) is 12.1 Å². The summed E-state index contributed by atoms with van der Waals surface area (Å²) >= 11 is 1.31. The van der Waals surface area contributed by atoms with Crippen LogP contribution in [0.3, 0.4) is 0 Å². The quantitative estimate of drug-likeness (QED) is 0.944. The number of aliphatic hydroxyl groups excluding tert-OH is 1. The third-order valence-corrected chi connectivity index (χ3v) is 4.20. The molecule has 0 saturated carbocycles. The van der Waals surface area contributed by atoms with Gasteiger partial charge in [-0.05, 0) is 12.1 Å². The van der Waals surface area contributed by atoms with Crippen molar-refractivity contribution in [1.29, 1.82) is 0 Å². The molecule has 1 amide bonds. The minimum atomic E-state index is -0.328. The standard InChI is InChI=1S/C14H13FN2O2S/c15-11-4-2-1-3-10(11)12-8-20-14(16-12)17-6-9(7-18)5-13(17)19/h1-4,8-9,18H,5-7H2. The first-order valence-electron chi connectivity index (χ1n) is 6.30. The van der Waals surface area contributed by atoms with Crippen LogP contribution in [0.1, 0.15) is 6.42 Å². The zero-order chi connectivity index (χ0) is 14.1. The highest BCUT2D eigenvalue weighted by molar-refractivity contribution is 7.14. The summed E-state index contributed by atoms with van der Waals surface area (Å²) in [5, 5.41) is 11.4. The molecule has 4 nitrogen and oxygen atoms in total. The molecule has 1 N–H and O–H groups in total. The third kappa shape index (κ3) is 2.32. The summed E-state index contributed by atoms with van der Waals surface area (Å²) in [5.41, 5.74) is 0.962. The van der Waals surface area contributed by atoms with Gasteiger partial charge in [0.2, 0.25) is 5.91 Å². The zero-order valence-corrected chi connectivity index (χ0v) is 11.4. The summed E-state index contributed by atoms with van der Waals surface area (Å²) in [5.74, 6) is -0.410. The number of halogens is 1. The van der Waals surface area contributed by atoms with Crippen LogP contribution >= 0.6 is 11.3 Å². The van der Waals surface area contributed by atoms with Crippen LogP contribution in [0.2, 0.25) is 0 Å². The van der Waals surface area contributed by atoms with Gasteiger partial charge >= 0.3 is 0 Å². The molecular formula is C14H13FN2O2S. The van der Waals surface area contributed by atoms with Gasteiger partial charge < -0.3 is 5.11 Å². The highest BCUT2D eigenvalue weighted by Crippen LogP contribution is 2.32. The highest BCUT2D eigenvalue weighted by Gasteiger charge is 2.31. The number of aliphatic hydroxyl groups is 1. The SMILES string of the molecule is O=C1CC(CO)CN1c1nc(-c2ccccc2F)cs1. The number of amides is 1. The summed E-state index contributed by atoms with van der Waals surface area (Å²) in [6.07, 6.45) is 0.338. The minimum absolute atomic E-state index is 0.00616. The van der Waals surface area contributed by atoms with E-state index in [0.29, 0.717) is 29.4 Å². The van der Waals surface area contributed by atoms with Gasteiger partial charge in [0.15, 0.2) is 5.13 Å². The maximum atomic E-state index is 13.7. The minimum Gasteiger partial charge on any atom is -0.396 e. The Bertz CT molecular complexity index is 644. The number of benzene rings is 1. The van der Waals surface area contributed by atoms with E-state index in [1.54, 1.807) is 28.5 Å². The third-order valence-electron chi connectivity index (χ3n) is 3.34. The number of anilines is 1. The molecule has 1 atom stereocenters. The van der Waals surface area contributed by atoms with Crippen LogP contribution in [0.25, 0.3) is 11.3 Å². The van der Waals surface area contributed by atoms with E-state index in [1.807, 2.05) is 0 Å². The molecule has 0 aliphatic carbocycles. The summed E-state index contributed by atoms with van der Waals surface area (Å²) in [4.78, 5) is 17.8. The van der Waals surface area contributed by atoms with Gasteiger partial charge in [0, 0.05) is 36.4 Å². The lowest BCUT2D eigenvalue weighted by molar-refractivity contribution is -0.117. The Kier molecular flexibility index (Phi) is 3.50. The maximum Gasteiger partial charge on any atom is 0.229 e. The molecule has 1 aromatic carbocycles. The molecule has 2 heterocycles. The number of carbonyl (C=O) groups excluding carboxylic acids is 1. The van der Waals surface area contributed by atoms with Crippen LogP contribution in [0.5, 0.6) is 0 Å². The molecule has 2 aromatic rings. The number of rotatable bonds is 3. The van der Waals surface area contributed by atoms with Crippen molar-refractivity contribution in [3.8, 4) is 11.3 Å². The molecule has 0 radical (unpaired) electrons. The second-order valence-corrected chi connectivity index (χ2v) is 5.59. The van der Waals surface area contributed by atoms with E-state index in [1.165, 1.54) is 17.4 Å². The van der Waals surface area contributed by atoms with Gasteiger partial charge in [-0.2, -0.15) is 0 Å². The number of hydrogen-bond acceptors (Lipinski definition) is 4. The molecule has 104 valence electrons. The van der Waals surface area contributed by atoms with Gasteiger partial charge in [-0.25, -0.2) is 9.37 Å². The van der Waals surface area contributed by atoms with E-state index < -0.39 is 0 Å². The number of nitrogens with zero attached hydrogens (tertiary/aromatic N) is 2. The van der Waals surface area contributed by atoms with E-state index in [2.05, 4.69) is 4.98 Å². The van der Waals surface area contributed by atoms with Gasteiger partial charge in [-0.15, -0.1) is 11.3 Å². The lowest BCUT2D eigenvalue weighted by Crippen LogP contribution is -2.24. The first kappa shape index (κ1) is 13.2. The smallest absolute Gasteiger partial charge is 0.229 e. The highest BCUT2D eigenvalue weighted by atomic mass is 32.1. The Hall–Kier alpha value is -1.79. The van der Waals surface area contributed by atoms with Crippen molar-refractivity contribution in [2.75, 3.05) is 18.1 Å². The average molecular weight is 292 g/mol. The molecule has 1 saturated heterocycles. The normalized spacial score (nSPS) is 18.8. The van der Waals surface area contributed by atoms with Crippen LogP contribution < -0.4 is 4.90 Å². The molecule has 1 fully saturated rings. The van der Waals surface area contributed by atoms with Crippen molar-refractivity contribution < 1.29 is 14.3 Å². The molecule has 0 bridgehead atoms. The molecule has 3 rings (SSSR count). The van der Waals surface area contributed by atoms with Gasteiger partial charge in [0.25, 0.3) is 0 Å². The Morgan fingerprint density at radius 1 is 1.45 bits per heavy atom. The molecule has 20 heavy (non-hydrogen) atoms. The maximum absolute atomic E-state index is 13.7. The fourth-order valence-electron chi connectivity index (χ4n) is 2.27. The zero-order valence-electron chi connectivity index (χ0n) is 10.6. The molecule has 1 aliphatic rings. The van der Waals surface area contributed by atoms with Crippen molar-refractivity contribution in [2.24, 2.45) is 5.92 Å². The van der Waals surface area contributed by atoms with Crippen LogP contribution in [0.4, 0.5) is 9.52 Å². The molecule has 1 aliphatic heterocycles. The van der Waals surface area contributed by atoms with Crippen LogP contribution in [0.15, 0.2) is 29.6 Å². The van der Waals surface area contributed by atoms with Crippen LogP contribution in [-0.2, 0) is 4.79 Å². The topological polar surface area (TPSA) is 53.4 Å². The van der Waals surface area contributed by atoms with Crippen molar-refractivity contribution in [3.05, 3.63) is 35.5 Å². The lowest BCUT2D eigenvalue weighted by Gasteiger charge is -2.11. The van der Waals surface area contributed by atoms with E-state index in [0.717, 1.165) is 0 Å². The van der Waals surface area contributed by atoms with Crippen LogP contribution in [0, 0.1) is 11.7 Å². The molecule has 1 aromatic heterocycles. The van der Waals surface area contributed by atoms with E-state index >= 15 is 0 Å². The number of hydrogen-bond donors (Lipinski definition) is 1. The predicted octanol–water partition coefficient (Wildman–Crippen LogP) is 2.29. The molecule has 1 unspecified atom stereocenters. The number of aromatic nitrogens is 1. The average Bonchev–Trinajstić information content (AvgIpc) is 3.05. The summed E-state index contributed by atoms with van der Waals surface area (Å²) in [6, 6.07) is 6.43. The van der Waals surface area contributed by atoms with Crippen molar-refractivity contribution >= 4 is 22.4 Å². The Balaban J connectivity index is 1.88. The van der Waals surface area contributed by atoms with E-state index in [9.17, 15) is 9.18 Å². The second kappa shape index (κ2) is 5.30. The fraction of sp³-hybridized carbons (Fsp3) is 0.286. The predicted molar refractivity (Wildman–Crippen MR) is 75.1 cm³/mol.